The highest BCUT2D eigenvalue weighted by Crippen LogP contribution is 2.32. The minimum Gasteiger partial charge on any atom is -0.396 e. The fourth-order valence-electron chi connectivity index (χ4n) is 1.21. The highest BCUT2D eigenvalue weighted by Gasteiger charge is 2.36. The Hall–Kier alpha value is -1.76. The molecule has 4 nitrogen and oxygen atoms in total. The predicted molar refractivity (Wildman–Crippen MR) is 58.0 cm³/mol. The second-order valence-corrected chi connectivity index (χ2v) is 3.06. The normalized spacial score (nSPS) is 11.0. The van der Waals surface area contributed by atoms with Crippen LogP contribution in [0.15, 0.2) is 30.6 Å². The van der Waals surface area contributed by atoms with Crippen molar-refractivity contribution < 1.29 is 13.2 Å². The molecule has 0 aliphatic heterocycles. The maximum atomic E-state index is 12.4. The van der Waals surface area contributed by atoms with Gasteiger partial charge >= 0.3 is 6.18 Å². The molecule has 0 saturated heterocycles. The van der Waals surface area contributed by atoms with Gasteiger partial charge in [0.2, 0.25) is 0 Å². The molecule has 0 radical (unpaired) electrons. The van der Waals surface area contributed by atoms with E-state index in [0.29, 0.717) is 0 Å². The third-order valence-electron chi connectivity index (χ3n) is 1.90. The molecule has 92 valence electrons. The molecule has 0 unspecified atom stereocenters. The lowest BCUT2D eigenvalue weighted by molar-refractivity contribution is -0.140. The smallest absolute Gasteiger partial charge is 0.396 e. The van der Waals surface area contributed by atoms with Gasteiger partial charge in [-0.25, -0.2) is 9.67 Å². The lowest BCUT2D eigenvalue weighted by Crippen LogP contribution is -2.09. The molecule has 2 heterocycles. The molecular formula is C9H8ClF3N4. The molecule has 2 aromatic heterocycles. The van der Waals surface area contributed by atoms with Crippen molar-refractivity contribution in [2.75, 3.05) is 5.73 Å². The van der Waals surface area contributed by atoms with Crippen LogP contribution in [0.5, 0.6) is 0 Å². The first-order valence-corrected chi connectivity index (χ1v) is 4.32. The van der Waals surface area contributed by atoms with Crippen LogP contribution in [-0.2, 0) is 6.18 Å². The van der Waals surface area contributed by atoms with Gasteiger partial charge in [-0.05, 0) is 12.1 Å². The number of nitrogens with zero attached hydrogens (tertiary/aromatic N) is 3. The number of halogens is 4. The molecule has 2 N–H and O–H groups in total. The van der Waals surface area contributed by atoms with Crippen LogP contribution in [0, 0.1) is 0 Å². The fourth-order valence-corrected chi connectivity index (χ4v) is 1.21. The number of hydrogen-bond acceptors (Lipinski definition) is 3. The Labute approximate surface area is 101 Å². The van der Waals surface area contributed by atoms with E-state index in [2.05, 4.69) is 10.1 Å². The number of nitrogen functional groups attached to an aromatic ring is 1. The summed E-state index contributed by atoms with van der Waals surface area (Å²) in [5.74, 6) is 0.282. The minimum atomic E-state index is -4.55. The standard InChI is InChI=1S/C9H7F3N4.ClH/c10-9(11,12)8-6(13)5-16(15-8)7-3-1-2-4-14-7;/h1-5H,13H2;1H. The van der Waals surface area contributed by atoms with E-state index in [9.17, 15) is 13.2 Å². The predicted octanol–water partition coefficient (Wildman–Crippen LogP) is 2.29. The number of aromatic nitrogens is 3. The van der Waals surface area contributed by atoms with Crippen molar-refractivity contribution in [2.24, 2.45) is 0 Å². The summed E-state index contributed by atoms with van der Waals surface area (Å²) in [5.41, 5.74) is 3.72. The molecule has 0 amide bonds. The lowest BCUT2D eigenvalue weighted by atomic mass is 10.4. The van der Waals surface area contributed by atoms with E-state index in [1.807, 2.05) is 0 Å². The molecule has 0 aliphatic rings. The van der Waals surface area contributed by atoms with Crippen LogP contribution in [0.1, 0.15) is 5.69 Å². The quantitative estimate of drug-likeness (QED) is 0.860. The molecule has 8 heteroatoms. The van der Waals surface area contributed by atoms with E-state index in [-0.39, 0.29) is 18.2 Å². The van der Waals surface area contributed by atoms with Crippen LogP contribution in [0.25, 0.3) is 5.82 Å². The second-order valence-electron chi connectivity index (χ2n) is 3.06. The lowest BCUT2D eigenvalue weighted by Gasteiger charge is -2.02. The van der Waals surface area contributed by atoms with Gasteiger partial charge < -0.3 is 5.73 Å². The van der Waals surface area contributed by atoms with Gasteiger partial charge in [0.1, 0.15) is 0 Å². The molecule has 0 bridgehead atoms. The Balaban J connectivity index is 0.00000144. The average molecular weight is 265 g/mol. The molecule has 0 spiro atoms. The maximum Gasteiger partial charge on any atom is 0.437 e. The van der Waals surface area contributed by atoms with Crippen LogP contribution < -0.4 is 5.73 Å². The average Bonchev–Trinajstić information content (AvgIpc) is 2.61. The highest BCUT2D eigenvalue weighted by atomic mass is 35.5. The van der Waals surface area contributed by atoms with Crippen LogP contribution in [0.3, 0.4) is 0 Å². The van der Waals surface area contributed by atoms with Crippen molar-refractivity contribution in [3.63, 3.8) is 0 Å². The topological polar surface area (TPSA) is 56.7 Å². The number of anilines is 1. The maximum absolute atomic E-state index is 12.4. The zero-order valence-electron chi connectivity index (χ0n) is 8.35. The summed E-state index contributed by atoms with van der Waals surface area (Å²) < 4.78 is 38.2. The second kappa shape index (κ2) is 4.62. The summed E-state index contributed by atoms with van der Waals surface area (Å²) in [6.07, 6.45) is -2.00. The SMILES string of the molecule is Cl.Nc1cn(-c2ccccn2)nc1C(F)(F)F. The first-order valence-electron chi connectivity index (χ1n) is 4.32. The van der Waals surface area contributed by atoms with E-state index >= 15 is 0 Å². The van der Waals surface area contributed by atoms with Crippen molar-refractivity contribution in [3.05, 3.63) is 36.3 Å². The monoisotopic (exact) mass is 264 g/mol. The molecule has 0 atom stereocenters. The number of pyridine rings is 1. The van der Waals surface area contributed by atoms with Gasteiger partial charge in [-0.2, -0.15) is 18.3 Å². The summed E-state index contributed by atoms with van der Waals surface area (Å²) in [6, 6.07) is 4.83. The molecule has 0 aliphatic carbocycles. The molecule has 2 rings (SSSR count). The summed E-state index contributed by atoms with van der Waals surface area (Å²) in [6.45, 7) is 0. The van der Waals surface area contributed by atoms with Crippen molar-refractivity contribution >= 4 is 18.1 Å². The summed E-state index contributed by atoms with van der Waals surface area (Å²) >= 11 is 0. The Bertz CT molecular complexity index is 495. The Morgan fingerprint density at radius 3 is 2.41 bits per heavy atom. The molecule has 2 aromatic rings. The van der Waals surface area contributed by atoms with E-state index < -0.39 is 17.6 Å². The van der Waals surface area contributed by atoms with E-state index in [0.717, 1.165) is 10.9 Å². The number of hydrogen-bond donors (Lipinski definition) is 1. The van der Waals surface area contributed by atoms with Gasteiger partial charge in [0, 0.05) is 6.20 Å². The molecule has 0 fully saturated rings. The minimum absolute atomic E-state index is 0. The summed E-state index contributed by atoms with van der Waals surface area (Å²) in [4.78, 5) is 3.86. The molecule has 0 saturated carbocycles. The van der Waals surface area contributed by atoms with Crippen molar-refractivity contribution in [2.45, 2.75) is 6.18 Å². The summed E-state index contributed by atoms with van der Waals surface area (Å²) in [7, 11) is 0. The van der Waals surface area contributed by atoms with Crippen LogP contribution in [-0.4, -0.2) is 14.8 Å². The van der Waals surface area contributed by atoms with E-state index in [4.69, 9.17) is 5.73 Å². The van der Waals surface area contributed by atoms with Gasteiger partial charge in [-0.1, -0.05) is 6.07 Å². The number of rotatable bonds is 1. The third kappa shape index (κ3) is 2.68. The highest BCUT2D eigenvalue weighted by molar-refractivity contribution is 5.85. The molecule has 0 aromatic carbocycles. The Kier molecular flexibility index (Phi) is 3.62. The van der Waals surface area contributed by atoms with Gasteiger partial charge in [0.25, 0.3) is 0 Å². The first-order chi connectivity index (χ1) is 7.48. The van der Waals surface area contributed by atoms with Crippen molar-refractivity contribution in [1.29, 1.82) is 0 Å². The van der Waals surface area contributed by atoms with Gasteiger partial charge in [-0.3, -0.25) is 0 Å². The van der Waals surface area contributed by atoms with E-state index in [1.54, 1.807) is 12.1 Å². The zero-order valence-corrected chi connectivity index (χ0v) is 9.16. The van der Waals surface area contributed by atoms with Crippen molar-refractivity contribution in [3.8, 4) is 5.82 Å². The first kappa shape index (κ1) is 13.3. The van der Waals surface area contributed by atoms with Gasteiger partial charge in [-0.15, -0.1) is 12.4 Å². The Morgan fingerprint density at radius 2 is 1.94 bits per heavy atom. The molecular weight excluding hydrogens is 257 g/mol. The third-order valence-corrected chi connectivity index (χ3v) is 1.90. The summed E-state index contributed by atoms with van der Waals surface area (Å²) in [5, 5.41) is 3.36. The largest absolute Gasteiger partial charge is 0.437 e. The van der Waals surface area contributed by atoms with Gasteiger partial charge in [0.15, 0.2) is 11.5 Å². The zero-order chi connectivity index (χ0) is 11.8. The van der Waals surface area contributed by atoms with Crippen LogP contribution in [0.2, 0.25) is 0 Å². The van der Waals surface area contributed by atoms with Gasteiger partial charge in [0.05, 0.1) is 11.9 Å². The fraction of sp³-hybridized carbons (Fsp3) is 0.111. The van der Waals surface area contributed by atoms with E-state index in [1.165, 1.54) is 12.3 Å². The number of alkyl halides is 3. The molecule has 17 heavy (non-hydrogen) atoms. The van der Waals surface area contributed by atoms with Crippen LogP contribution in [0.4, 0.5) is 18.9 Å². The Morgan fingerprint density at radius 1 is 1.24 bits per heavy atom. The number of nitrogens with two attached hydrogens (primary N) is 1. The van der Waals surface area contributed by atoms with Crippen LogP contribution >= 0.6 is 12.4 Å². The van der Waals surface area contributed by atoms with Crippen molar-refractivity contribution in [1.82, 2.24) is 14.8 Å².